The Morgan fingerprint density at radius 2 is 1.50 bits per heavy atom. The molecule has 0 amide bonds. The first-order valence-electron chi connectivity index (χ1n) is 0.910. The topological polar surface area (TPSA) is 57.5 Å². The van der Waals surface area contributed by atoms with Crippen LogP contribution in [0.15, 0.2) is 0 Å². The quantitative estimate of drug-likeness (QED) is 0.459. The van der Waals surface area contributed by atoms with Gasteiger partial charge in [0.25, 0.3) is 0 Å². The van der Waals surface area contributed by atoms with Crippen LogP contribution in [-0.4, -0.2) is 42.0 Å². The van der Waals surface area contributed by atoms with Gasteiger partial charge in [-0.15, -0.1) is 0 Å². The maximum absolute atomic E-state index is 9.69. The Bertz CT molecular complexity index is 33.8. The van der Waals surface area contributed by atoms with Gasteiger partial charge in [0.15, 0.2) is 0 Å². The first-order valence-corrected chi connectivity index (χ1v) is 4.73. The number of halogens is 1. The second-order valence-corrected chi connectivity index (χ2v) is 1.20. The summed E-state index contributed by atoms with van der Waals surface area (Å²) in [5.74, 6) is 0. The van der Waals surface area contributed by atoms with Gasteiger partial charge in [0.2, 0.25) is 0 Å². The van der Waals surface area contributed by atoms with Crippen LogP contribution in [0, 0.1) is 0 Å². The van der Waals surface area contributed by atoms with Gasteiger partial charge in [-0.1, -0.05) is 0 Å². The summed E-state index contributed by atoms with van der Waals surface area (Å²) in [6.45, 7) is 0. The summed E-state index contributed by atoms with van der Waals surface area (Å²) in [7, 11) is 0. The van der Waals surface area contributed by atoms with Crippen LogP contribution in [0.25, 0.3) is 0 Å². The third-order valence-electron chi connectivity index (χ3n) is 0. The van der Waals surface area contributed by atoms with E-state index in [9.17, 15) is 3.29 Å². The van der Waals surface area contributed by atoms with Crippen LogP contribution >= 0.6 is 0 Å². The van der Waals surface area contributed by atoms with Crippen molar-refractivity contribution < 1.29 is 15.5 Å². The van der Waals surface area contributed by atoms with Crippen molar-refractivity contribution in [3.8, 4) is 0 Å². The number of hydrogen-bond donors (Lipinski definition) is 2. The minimum atomic E-state index is -3.29. The molecule has 0 spiro atoms. The van der Waals surface area contributed by atoms with Crippen LogP contribution in [0.4, 0.5) is 3.29 Å². The Balaban J connectivity index is 0. The Labute approximate surface area is 49.4 Å². The summed E-state index contributed by atoms with van der Waals surface area (Å²) in [5, 5.41) is 0. The molecule has 0 aromatic heterocycles. The Morgan fingerprint density at radius 3 is 1.50 bits per heavy atom. The average Bonchev–Trinajstić information content (AvgIpc) is 1.41. The van der Waals surface area contributed by atoms with E-state index in [0.717, 1.165) is 0 Å². The summed E-state index contributed by atoms with van der Waals surface area (Å²) in [5.41, 5.74) is 0. The molecule has 0 aromatic rings. The molecule has 2 N–H and O–H groups in total. The van der Waals surface area contributed by atoms with Crippen molar-refractivity contribution in [3.63, 3.8) is 0 Å². The van der Waals surface area contributed by atoms with Gasteiger partial charge in [0.05, 0.1) is 0 Å². The molecule has 0 aromatic carbocycles. The molecule has 0 atom stereocenters. The van der Waals surface area contributed by atoms with E-state index >= 15 is 0 Å². The van der Waals surface area contributed by atoms with Crippen molar-refractivity contribution in [1.82, 2.24) is 0 Å². The van der Waals surface area contributed by atoms with Crippen LogP contribution in [0.3, 0.4) is 0 Å². The van der Waals surface area contributed by atoms with E-state index in [-0.39, 0.29) is 0 Å². The van der Waals surface area contributed by atoms with Gasteiger partial charge in [0.1, 0.15) is 0 Å². The van der Waals surface area contributed by atoms with E-state index in [2.05, 4.69) is 0 Å². The van der Waals surface area contributed by atoms with Gasteiger partial charge < -0.3 is 0 Å². The van der Waals surface area contributed by atoms with E-state index in [0.29, 0.717) is 0 Å². The van der Waals surface area contributed by atoms with Crippen molar-refractivity contribution >= 4 is 33.6 Å². The minimum absolute atomic E-state index is 0.438. The van der Waals surface area contributed by atoms with Gasteiger partial charge >= 0.3 is 49.1 Å². The normalized spacial score (nSPS) is 6.67. The first kappa shape index (κ1) is 9.93. The van der Waals surface area contributed by atoms with Crippen molar-refractivity contribution in [2.75, 3.05) is 0 Å². The molecule has 0 saturated carbocycles. The van der Waals surface area contributed by atoms with Gasteiger partial charge in [-0.3, -0.25) is 0 Å². The SMILES string of the molecule is O=[Se](O)O.[F][GaH2]. The van der Waals surface area contributed by atoms with Crippen LogP contribution in [0.5, 0.6) is 0 Å². The van der Waals surface area contributed by atoms with Crippen LogP contribution in [0.2, 0.25) is 0 Å². The number of hydrogen-bond acceptors (Lipinski definition) is 1. The van der Waals surface area contributed by atoms with Crippen molar-refractivity contribution in [2.24, 2.45) is 0 Å². The van der Waals surface area contributed by atoms with E-state index < -0.39 is 33.6 Å². The standard InChI is InChI=1S/FH.Ga.H2O3Se.2H/c;;1-4(2)3;;/h1H;;(H2,1,2,3);;/q;+1;;;/p-1. The van der Waals surface area contributed by atoms with Gasteiger partial charge in [-0.2, -0.15) is 0 Å². The molecule has 0 rings (SSSR count). The van der Waals surface area contributed by atoms with Crippen molar-refractivity contribution in [2.45, 2.75) is 0 Å². The molecule has 6 heavy (non-hydrogen) atoms. The summed E-state index contributed by atoms with van der Waals surface area (Å²) in [6, 6.07) is 0. The zero-order valence-corrected chi connectivity index (χ0v) is 9.00. The molecule has 0 fully saturated rings. The molecule has 0 unspecified atom stereocenters. The predicted octanol–water partition coefficient (Wildman–Crippen LogP) is -2.11. The van der Waals surface area contributed by atoms with E-state index in [1.807, 2.05) is 0 Å². The molecule has 0 aliphatic carbocycles. The molecule has 0 radical (unpaired) electrons. The summed E-state index contributed by atoms with van der Waals surface area (Å²) in [4.78, 5) is 0. The van der Waals surface area contributed by atoms with Crippen LogP contribution < -0.4 is 0 Å². The zero-order valence-electron chi connectivity index (χ0n) is 3.09. The summed E-state index contributed by atoms with van der Waals surface area (Å²) < 4.78 is 32.8. The molecule has 3 nitrogen and oxygen atoms in total. The van der Waals surface area contributed by atoms with Gasteiger partial charge in [-0.05, 0) is 0 Å². The molecular formula is H4FGaO3Se. The second kappa shape index (κ2) is 9.26. The third kappa shape index (κ3) is 107. The van der Waals surface area contributed by atoms with E-state index in [1.54, 1.807) is 0 Å². The van der Waals surface area contributed by atoms with Crippen LogP contribution in [-0.2, 0) is 3.83 Å². The van der Waals surface area contributed by atoms with E-state index in [1.165, 1.54) is 0 Å². The predicted molar refractivity (Wildman–Crippen MR) is 20.5 cm³/mol. The average molecular weight is 220 g/mol. The molecular weight excluding hydrogens is 216 g/mol. The Hall–Kier alpha value is 0.806. The fourth-order valence-corrected chi connectivity index (χ4v) is 0. The maximum atomic E-state index is 9.69. The second-order valence-electron chi connectivity index (χ2n) is 0.231. The fourth-order valence-electron chi connectivity index (χ4n) is 0. The van der Waals surface area contributed by atoms with Crippen molar-refractivity contribution in [1.29, 1.82) is 0 Å². The molecule has 6 heteroatoms. The Morgan fingerprint density at radius 1 is 1.50 bits per heavy atom. The van der Waals surface area contributed by atoms with Gasteiger partial charge in [-0.25, -0.2) is 0 Å². The third-order valence-corrected chi connectivity index (χ3v) is 0. The number of rotatable bonds is 0. The zero-order chi connectivity index (χ0) is 5.58. The van der Waals surface area contributed by atoms with Crippen molar-refractivity contribution in [3.05, 3.63) is 0 Å². The monoisotopic (exact) mass is 220 g/mol. The fraction of sp³-hybridized carbons (Fsp3) is 0. The van der Waals surface area contributed by atoms with Crippen LogP contribution in [0.1, 0.15) is 0 Å². The summed E-state index contributed by atoms with van der Waals surface area (Å²) in [6.07, 6.45) is 0. The first-order chi connectivity index (χ1) is 2.73. The van der Waals surface area contributed by atoms with Gasteiger partial charge in [0, 0.05) is 0 Å². The molecule has 0 bridgehead atoms. The van der Waals surface area contributed by atoms with E-state index in [4.69, 9.17) is 12.2 Å². The molecule has 0 aliphatic rings. The molecule has 0 heterocycles. The molecule has 0 saturated heterocycles. The Kier molecular flexibility index (Phi) is 15.3. The summed E-state index contributed by atoms with van der Waals surface area (Å²) >= 11 is -3.73. The molecule has 0 aliphatic heterocycles. The molecule has 38 valence electrons.